The van der Waals surface area contributed by atoms with Crippen molar-refractivity contribution in [1.29, 1.82) is 0 Å². The Morgan fingerprint density at radius 2 is 1.94 bits per heavy atom. The number of ether oxygens (including phenoxy) is 1. The van der Waals surface area contributed by atoms with Crippen LogP contribution in [0.15, 0.2) is 54.0 Å². The van der Waals surface area contributed by atoms with Crippen LogP contribution in [0.4, 0.5) is 5.82 Å². The number of nitrogens with one attached hydrogen (secondary N) is 1. The van der Waals surface area contributed by atoms with Crippen LogP contribution in [-0.4, -0.2) is 46.4 Å². The molecule has 2 aromatic heterocycles. The van der Waals surface area contributed by atoms with Crippen molar-refractivity contribution in [3.63, 3.8) is 0 Å². The Kier molecular flexibility index (Phi) is 6.57. The van der Waals surface area contributed by atoms with E-state index >= 15 is 0 Å². The van der Waals surface area contributed by atoms with Gasteiger partial charge in [-0.3, -0.25) is 9.59 Å². The molecule has 1 aliphatic heterocycles. The molecular formula is C23H24N4O3S. The number of thiazole rings is 1. The largest absolute Gasteiger partial charge is 0.494 e. The molecule has 0 atom stereocenters. The molecule has 1 saturated heterocycles. The summed E-state index contributed by atoms with van der Waals surface area (Å²) in [7, 11) is 0. The maximum Gasteiger partial charge on any atom is 0.273 e. The van der Waals surface area contributed by atoms with Crippen molar-refractivity contribution < 1.29 is 14.3 Å². The van der Waals surface area contributed by atoms with Crippen molar-refractivity contribution >= 4 is 29.0 Å². The zero-order valence-electron chi connectivity index (χ0n) is 17.3. The summed E-state index contributed by atoms with van der Waals surface area (Å²) in [5.41, 5.74) is 1.41. The predicted octanol–water partition coefficient (Wildman–Crippen LogP) is 4.09. The lowest BCUT2D eigenvalue weighted by molar-refractivity contribution is -0.121. The molecular weight excluding hydrogens is 412 g/mol. The standard InChI is InChI=1S/C23H24N4O3S/c1-2-30-18-8-6-17(7-9-18)22-25-19(15-31-22)23(29)27-13-10-16(11-14-27)21(28)26-20-5-3-4-12-24-20/h3-9,12,15-16H,2,10-11,13-14H2,1H3,(H,24,26,28). The van der Waals surface area contributed by atoms with Gasteiger partial charge in [0.25, 0.3) is 5.91 Å². The maximum absolute atomic E-state index is 12.9. The fourth-order valence-corrected chi connectivity index (χ4v) is 4.34. The van der Waals surface area contributed by atoms with Gasteiger partial charge < -0.3 is 15.0 Å². The molecule has 3 aromatic rings. The molecule has 1 aliphatic rings. The summed E-state index contributed by atoms with van der Waals surface area (Å²) >= 11 is 1.45. The lowest BCUT2D eigenvalue weighted by Crippen LogP contribution is -2.41. The number of rotatable bonds is 6. The summed E-state index contributed by atoms with van der Waals surface area (Å²) in [6.45, 7) is 3.64. The third-order valence-electron chi connectivity index (χ3n) is 5.20. The van der Waals surface area contributed by atoms with Crippen LogP contribution in [0.5, 0.6) is 5.75 Å². The second kappa shape index (κ2) is 9.70. The van der Waals surface area contributed by atoms with Gasteiger partial charge in [0, 0.05) is 36.1 Å². The van der Waals surface area contributed by atoms with Crippen molar-refractivity contribution in [1.82, 2.24) is 14.9 Å². The minimum Gasteiger partial charge on any atom is -0.494 e. The Labute approximate surface area is 185 Å². The quantitative estimate of drug-likeness (QED) is 0.629. The molecule has 160 valence electrons. The lowest BCUT2D eigenvalue weighted by atomic mass is 9.95. The van der Waals surface area contributed by atoms with E-state index in [1.54, 1.807) is 28.6 Å². The van der Waals surface area contributed by atoms with Gasteiger partial charge in [0.2, 0.25) is 5.91 Å². The normalized spacial score (nSPS) is 14.3. The molecule has 1 fully saturated rings. The van der Waals surface area contributed by atoms with Crippen LogP contribution in [0, 0.1) is 5.92 Å². The number of likely N-dealkylation sites (tertiary alicyclic amines) is 1. The summed E-state index contributed by atoms with van der Waals surface area (Å²) in [5, 5.41) is 5.45. The van der Waals surface area contributed by atoms with Gasteiger partial charge in [-0.2, -0.15) is 0 Å². The average Bonchev–Trinajstić information content (AvgIpc) is 3.30. The molecule has 0 spiro atoms. The Morgan fingerprint density at radius 3 is 2.61 bits per heavy atom. The van der Waals surface area contributed by atoms with E-state index in [4.69, 9.17) is 4.74 Å². The zero-order chi connectivity index (χ0) is 21.6. The Bertz CT molecular complexity index is 1030. The Morgan fingerprint density at radius 1 is 1.16 bits per heavy atom. The topological polar surface area (TPSA) is 84.4 Å². The molecule has 7 nitrogen and oxygen atoms in total. The SMILES string of the molecule is CCOc1ccc(-c2nc(C(=O)N3CCC(C(=O)Nc4ccccn4)CC3)cs2)cc1. The summed E-state index contributed by atoms with van der Waals surface area (Å²) < 4.78 is 5.47. The fourth-order valence-electron chi connectivity index (χ4n) is 3.54. The Balaban J connectivity index is 1.33. The molecule has 1 N–H and O–H groups in total. The van der Waals surface area contributed by atoms with Gasteiger partial charge in [-0.15, -0.1) is 11.3 Å². The molecule has 0 saturated carbocycles. The summed E-state index contributed by atoms with van der Waals surface area (Å²) in [6, 6.07) is 13.1. The third kappa shape index (κ3) is 5.08. The van der Waals surface area contributed by atoms with Gasteiger partial charge in [-0.05, 0) is 56.2 Å². The fraction of sp³-hybridized carbons (Fsp3) is 0.304. The monoisotopic (exact) mass is 436 g/mol. The van der Waals surface area contributed by atoms with Gasteiger partial charge in [0.05, 0.1) is 6.61 Å². The van der Waals surface area contributed by atoms with Crippen LogP contribution < -0.4 is 10.1 Å². The number of benzene rings is 1. The van der Waals surface area contributed by atoms with Gasteiger partial charge >= 0.3 is 0 Å². The molecule has 0 aliphatic carbocycles. The van der Waals surface area contributed by atoms with Crippen LogP contribution in [0.3, 0.4) is 0 Å². The van der Waals surface area contributed by atoms with E-state index in [0.29, 0.717) is 44.0 Å². The molecule has 2 amide bonds. The van der Waals surface area contributed by atoms with E-state index in [-0.39, 0.29) is 17.7 Å². The number of hydrogen-bond acceptors (Lipinski definition) is 6. The second-order valence-electron chi connectivity index (χ2n) is 7.27. The molecule has 4 rings (SSSR count). The number of carbonyl (C=O) groups excluding carboxylic acids is 2. The molecule has 31 heavy (non-hydrogen) atoms. The highest BCUT2D eigenvalue weighted by atomic mass is 32.1. The first-order valence-corrected chi connectivity index (χ1v) is 11.2. The number of hydrogen-bond donors (Lipinski definition) is 1. The summed E-state index contributed by atoms with van der Waals surface area (Å²) in [4.78, 5) is 35.8. The van der Waals surface area contributed by atoms with E-state index in [1.165, 1.54) is 11.3 Å². The third-order valence-corrected chi connectivity index (χ3v) is 6.10. The molecule has 0 bridgehead atoms. The number of carbonyl (C=O) groups is 2. The van der Waals surface area contributed by atoms with Crippen LogP contribution in [-0.2, 0) is 4.79 Å². The highest BCUT2D eigenvalue weighted by Crippen LogP contribution is 2.27. The highest BCUT2D eigenvalue weighted by Gasteiger charge is 2.29. The van der Waals surface area contributed by atoms with E-state index in [9.17, 15) is 9.59 Å². The van der Waals surface area contributed by atoms with Gasteiger partial charge in [0.15, 0.2) is 0 Å². The number of piperidine rings is 1. The summed E-state index contributed by atoms with van der Waals surface area (Å²) in [6.07, 6.45) is 2.90. The molecule has 0 radical (unpaired) electrons. The van der Waals surface area contributed by atoms with Crippen LogP contribution in [0.25, 0.3) is 10.6 Å². The lowest BCUT2D eigenvalue weighted by Gasteiger charge is -2.30. The van der Waals surface area contributed by atoms with E-state index in [0.717, 1.165) is 16.3 Å². The average molecular weight is 437 g/mol. The highest BCUT2D eigenvalue weighted by molar-refractivity contribution is 7.13. The van der Waals surface area contributed by atoms with E-state index in [1.807, 2.05) is 37.3 Å². The van der Waals surface area contributed by atoms with Crippen molar-refractivity contribution in [2.75, 3.05) is 25.0 Å². The molecule has 8 heteroatoms. The number of anilines is 1. The first-order valence-electron chi connectivity index (χ1n) is 10.3. The number of amides is 2. The van der Waals surface area contributed by atoms with Crippen LogP contribution >= 0.6 is 11.3 Å². The maximum atomic E-state index is 12.9. The van der Waals surface area contributed by atoms with E-state index in [2.05, 4.69) is 15.3 Å². The van der Waals surface area contributed by atoms with E-state index < -0.39 is 0 Å². The number of aromatic nitrogens is 2. The molecule has 3 heterocycles. The predicted molar refractivity (Wildman–Crippen MR) is 120 cm³/mol. The molecule has 0 unspecified atom stereocenters. The zero-order valence-corrected chi connectivity index (χ0v) is 18.1. The van der Waals surface area contributed by atoms with Crippen molar-refractivity contribution in [2.45, 2.75) is 19.8 Å². The van der Waals surface area contributed by atoms with Crippen LogP contribution in [0.2, 0.25) is 0 Å². The van der Waals surface area contributed by atoms with Gasteiger partial charge in [-0.25, -0.2) is 9.97 Å². The molecule has 1 aromatic carbocycles. The first kappa shape index (κ1) is 21.0. The van der Waals surface area contributed by atoms with Gasteiger partial charge in [-0.1, -0.05) is 6.07 Å². The number of pyridine rings is 1. The minimum atomic E-state index is -0.124. The Hall–Kier alpha value is -3.26. The smallest absolute Gasteiger partial charge is 0.273 e. The van der Waals surface area contributed by atoms with Crippen molar-refractivity contribution in [3.05, 3.63) is 59.7 Å². The number of nitrogens with zero attached hydrogens (tertiary/aromatic N) is 3. The van der Waals surface area contributed by atoms with Gasteiger partial charge in [0.1, 0.15) is 22.3 Å². The summed E-state index contributed by atoms with van der Waals surface area (Å²) in [5.74, 6) is 1.11. The first-order chi connectivity index (χ1) is 15.1. The van der Waals surface area contributed by atoms with Crippen LogP contribution in [0.1, 0.15) is 30.3 Å². The van der Waals surface area contributed by atoms with Crippen molar-refractivity contribution in [2.24, 2.45) is 5.92 Å². The van der Waals surface area contributed by atoms with Crippen molar-refractivity contribution in [3.8, 4) is 16.3 Å². The minimum absolute atomic E-state index is 0.0442. The second-order valence-corrected chi connectivity index (χ2v) is 8.12.